The first-order valence-electron chi connectivity index (χ1n) is 0.698. The van der Waals surface area contributed by atoms with Crippen molar-refractivity contribution in [2.75, 3.05) is 0 Å². The zero-order valence-electron chi connectivity index (χ0n) is 3.20. The molecule has 0 aromatic heterocycles. The molecular weight excluding hydrogens is 139 g/mol. The smallest absolute Gasteiger partial charge is 0.394 e. The Kier molecular flexibility index (Phi) is 10.1. The van der Waals surface area contributed by atoms with Crippen LogP contribution >= 0.6 is 0 Å². The van der Waals surface area contributed by atoms with Crippen LogP contribution in [0.1, 0.15) is 0 Å². The summed E-state index contributed by atoms with van der Waals surface area (Å²) in [5.74, 6) is 0. The van der Waals surface area contributed by atoms with Crippen molar-refractivity contribution >= 4 is 27.8 Å². The van der Waals surface area contributed by atoms with E-state index in [1.54, 1.807) is 0 Å². The van der Waals surface area contributed by atoms with Gasteiger partial charge in [0.2, 0.25) is 0 Å². The molecule has 0 atom stereocenters. The monoisotopic (exact) mass is 143 g/mol. The maximum Gasteiger partial charge on any atom is 0.394 e. The SMILES string of the molecule is O.O=S(=O)(O)O.[Al]. The fraction of sp³-hybridized carbons (Fsp3) is 0. The highest BCUT2D eigenvalue weighted by atomic mass is 32.3. The summed E-state index contributed by atoms with van der Waals surface area (Å²) in [6, 6.07) is 0. The lowest BCUT2D eigenvalue weighted by atomic mass is 15.8. The molecule has 0 aromatic carbocycles. The van der Waals surface area contributed by atoms with E-state index in [1.165, 1.54) is 0 Å². The predicted molar refractivity (Wildman–Crippen MR) is 23.5 cm³/mol. The second-order valence-corrected chi connectivity index (χ2v) is 1.34. The Hall–Kier alpha value is 0.362. The van der Waals surface area contributed by atoms with Gasteiger partial charge in [-0.3, -0.25) is 9.11 Å². The van der Waals surface area contributed by atoms with Crippen LogP contribution in [-0.4, -0.2) is 40.4 Å². The average molecular weight is 143 g/mol. The van der Waals surface area contributed by atoms with Gasteiger partial charge in [0.05, 0.1) is 0 Å². The summed E-state index contributed by atoms with van der Waals surface area (Å²) in [6.45, 7) is 0. The fourth-order valence-electron chi connectivity index (χ4n) is 0. The Bertz CT molecular complexity index is 91.2. The van der Waals surface area contributed by atoms with Crippen LogP contribution in [0, 0.1) is 0 Å². The first-order chi connectivity index (χ1) is 2.00. The largest absolute Gasteiger partial charge is 0.412 e. The van der Waals surface area contributed by atoms with Crippen molar-refractivity contribution in [3.63, 3.8) is 0 Å². The minimum absolute atomic E-state index is 0. The summed E-state index contributed by atoms with van der Waals surface area (Å²) < 4.78 is 31.6. The molecule has 0 bridgehead atoms. The van der Waals surface area contributed by atoms with E-state index >= 15 is 0 Å². The molecule has 0 aliphatic heterocycles. The van der Waals surface area contributed by atoms with Gasteiger partial charge in [-0.05, 0) is 0 Å². The summed E-state index contributed by atoms with van der Waals surface area (Å²) in [5.41, 5.74) is 0. The molecule has 3 radical (unpaired) electrons. The molecule has 0 spiro atoms. The van der Waals surface area contributed by atoms with Crippen LogP contribution in [0.15, 0.2) is 0 Å². The first kappa shape index (κ1) is 15.7. The van der Waals surface area contributed by atoms with Gasteiger partial charge < -0.3 is 5.48 Å². The molecule has 7 heavy (non-hydrogen) atoms. The lowest BCUT2D eigenvalue weighted by Gasteiger charge is -1.68. The Labute approximate surface area is 51.4 Å². The standard InChI is InChI=1S/Al.H2O4S.H2O/c;1-5(2,3)4;/h;(H2,1,2,3,4);1H2. The topological polar surface area (TPSA) is 106 Å². The molecular formula is H4AlO5S. The second-order valence-electron chi connectivity index (χ2n) is 0.448. The summed E-state index contributed by atoms with van der Waals surface area (Å²) >= 11 is 0. The molecule has 0 aromatic rings. The summed E-state index contributed by atoms with van der Waals surface area (Å²) in [7, 11) is -4.67. The van der Waals surface area contributed by atoms with E-state index in [0.717, 1.165) is 0 Å². The van der Waals surface area contributed by atoms with Gasteiger partial charge in [0, 0.05) is 17.4 Å². The molecule has 0 amide bonds. The van der Waals surface area contributed by atoms with Crippen molar-refractivity contribution in [3.8, 4) is 0 Å². The fourth-order valence-corrected chi connectivity index (χ4v) is 0. The van der Waals surface area contributed by atoms with Crippen LogP contribution in [0.4, 0.5) is 0 Å². The zero-order chi connectivity index (χ0) is 4.50. The summed E-state index contributed by atoms with van der Waals surface area (Å²) in [6.07, 6.45) is 0. The van der Waals surface area contributed by atoms with E-state index in [2.05, 4.69) is 0 Å². The van der Waals surface area contributed by atoms with E-state index < -0.39 is 10.4 Å². The highest BCUT2D eigenvalue weighted by molar-refractivity contribution is 7.79. The van der Waals surface area contributed by atoms with Gasteiger partial charge in [-0.2, -0.15) is 8.42 Å². The van der Waals surface area contributed by atoms with Crippen molar-refractivity contribution in [2.24, 2.45) is 0 Å². The Morgan fingerprint density at radius 3 is 1.14 bits per heavy atom. The molecule has 43 valence electrons. The number of hydrogen-bond donors (Lipinski definition) is 2. The van der Waals surface area contributed by atoms with E-state index in [1.807, 2.05) is 0 Å². The highest BCUT2D eigenvalue weighted by Gasteiger charge is 1.84. The second kappa shape index (κ2) is 4.52. The van der Waals surface area contributed by atoms with Crippen molar-refractivity contribution in [1.29, 1.82) is 0 Å². The molecule has 0 fully saturated rings. The molecule has 4 N–H and O–H groups in total. The maximum absolute atomic E-state index is 8.74. The first-order valence-corrected chi connectivity index (χ1v) is 2.10. The van der Waals surface area contributed by atoms with Crippen LogP contribution in [0.5, 0.6) is 0 Å². The third-order valence-electron chi connectivity index (χ3n) is 0. The van der Waals surface area contributed by atoms with Crippen molar-refractivity contribution in [3.05, 3.63) is 0 Å². The maximum atomic E-state index is 8.74. The number of rotatable bonds is 0. The van der Waals surface area contributed by atoms with Crippen molar-refractivity contribution in [1.82, 2.24) is 0 Å². The zero-order valence-corrected chi connectivity index (χ0v) is 5.17. The van der Waals surface area contributed by atoms with Gasteiger partial charge in [-0.1, -0.05) is 0 Å². The van der Waals surface area contributed by atoms with Crippen LogP contribution in [-0.2, 0) is 10.4 Å². The van der Waals surface area contributed by atoms with Crippen LogP contribution in [0.25, 0.3) is 0 Å². The number of hydrogen-bond acceptors (Lipinski definition) is 2. The van der Waals surface area contributed by atoms with E-state index in [4.69, 9.17) is 17.5 Å². The van der Waals surface area contributed by atoms with Gasteiger partial charge >= 0.3 is 10.4 Å². The molecule has 0 unspecified atom stereocenters. The van der Waals surface area contributed by atoms with Crippen LogP contribution in [0.2, 0.25) is 0 Å². The molecule has 0 saturated heterocycles. The summed E-state index contributed by atoms with van der Waals surface area (Å²) in [4.78, 5) is 0. The third kappa shape index (κ3) is 922. The highest BCUT2D eigenvalue weighted by Crippen LogP contribution is 1.59. The van der Waals surface area contributed by atoms with Crippen molar-refractivity contribution in [2.45, 2.75) is 0 Å². The quantitative estimate of drug-likeness (QED) is 0.306. The lowest BCUT2D eigenvalue weighted by Crippen LogP contribution is -1.89. The van der Waals surface area contributed by atoms with Gasteiger partial charge in [0.1, 0.15) is 0 Å². The molecule has 5 nitrogen and oxygen atoms in total. The Morgan fingerprint density at radius 2 is 1.14 bits per heavy atom. The van der Waals surface area contributed by atoms with E-state index in [0.29, 0.717) is 0 Å². The normalized spacial score (nSPS) is 8.29. The van der Waals surface area contributed by atoms with Crippen LogP contribution in [0.3, 0.4) is 0 Å². The minimum atomic E-state index is -4.67. The van der Waals surface area contributed by atoms with E-state index in [9.17, 15) is 0 Å². The van der Waals surface area contributed by atoms with Crippen molar-refractivity contribution < 1.29 is 23.0 Å². The molecule has 0 heterocycles. The molecule has 0 saturated carbocycles. The molecule has 0 rings (SSSR count). The molecule has 7 heteroatoms. The lowest BCUT2D eigenvalue weighted by molar-refractivity contribution is 0.381. The average Bonchev–Trinajstić information content (AvgIpc) is 0.722. The Morgan fingerprint density at radius 1 is 1.14 bits per heavy atom. The van der Waals surface area contributed by atoms with Gasteiger partial charge in [0.25, 0.3) is 0 Å². The third-order valence-corrected chi connectivity index (χ3v) is 0. The van der Waals surface area contributed by atoms with Crippen LogP contribution < -0.4 is 0 Å². The van der Waals surface area contributed by atoms with Gasteiger partial charge in [-0.25, -0.2) is 0 Å². The molecule has 0 aliphatic carbocycles. The van der Waals surface area contributed by atoms with E-state index in [-0.39, 0.29) is 22.8 Å². The predicted octanol–water partition coefficient (Wildman–Crippen LogP) is -1.86. The minimum Gasteiger partial charge on any atom is -0.412 e. The Balaban J connectivity index is -0.0000000800. The molecule has 0 aliphatic rings. The summed E-state index contributed by atoms with van der Waals surface area (Å²) in [5, 5.41) is 0. The van der Waals surface area contributed by atoms with Gasteiger partial charge in [-0.15, -0.1) is 0 Å². The van der Waals surface area contributed by atoms with Gasteiger partial charge in [0.15, 0.2) is 0 Å².